The third kappa shape index (κ3) is 3.91. The molecule has 4 rings (SSSR count). The molecular formula is C17H21Cl2N3OS. The highest BCUT2D eigenvalue weighted by atomic mass is 35.5. The lowest BCUT2D eigenvalue weighted by Gasteiger charge is -2.15. The normalized spacial score (nSPS) is 21.8. The molecule has 0 saturated carbocycles. The summed E-state index contributed by atoms with van der Waals surface area (Å²) in [4.78, 5) is 19.1. The second kappa shape index (κ2) is 8.30. The van der Waals surface area contributed by atoms with E-state index in [2.05, 4.69) is 22.4 Å². The van der Waals surface area contributed by atoms with Crippen LogP contribution in [-0.4, -0.2) is 42.0 Å². The van der Waals surface area contributed by atoms with E-state index < -0.39 is 0 Å². The van der Waals surface area contributed by atoms with Crippen LogP contribution >= 0.6 is 36.2 Å². The highest BCUT2D eigenvalue weighted by Gasteiger charge is 2.38. The number of nitrogens with one attached hydrogen (secondary N) is 1. The summed E-state index contributed by atoms with van der Waals surface area (Å²) in [5.74, 6) is 1.36. The Morgan fingerprint density at radius 1 is 1.17 bits per heavy atom. The molecule has 130 valence electrons. The number of thiazole rings is 1. The molecule has 0 unspecified atom stereocenters. The van der Waals surface area contributed by atoms with Crippen molar-refractivity contribution in [3.8, 4) is 0 Å². The molecule has 1 aromatic heterocycles. The topological polar surface area (TPSA) is 45.2 Å². The highest BCUT2D eigenvalue weighted by Crippen LogP contribution is 2.27. The monoisotopic (exact) mass is 385 g/mol. The summed E-state index contributed by atoms with van der Waals surface area (Å²) in [6.07, 6.45) is 0.800. The molecule has 1 N–H and O–H groups in total. The van der Waals surface area contributed by atoms with E-state index in [1.165, 1.54) is 5.56 Å². The molecule has 7 heteroatoms. The fourth-order valence-electron chi connectivity index (χ4n) is 3.44. The number of aromatic nitrogens is 1. The number of nitrogens with zero attached hydrogens (tertiary/aromatic N) is 2. The zero-order chi connectivity index (χ0) is 14.9. The van der Waals surface area contributed by atoms with Crippen molar-refractivity contribution in [2.24, 2.45) is 11.8 Å². The van der Waals surface area contributed by atoms with E-state index >= 15 is 0 Å². The smallest absolute Gasteiger partial charge is 0.273 e. The Balaban J connectivity index is 0.00000104. The van der Waals surface area contributed by atoms with E-state index in [4.69, 9.17) is 0 Å². The van der Waals surface area contributed by atoms with Gasteiger partial charge in [0.1, 0.15) is 5.69 Å². The summed E-state index contributed by atoms with van der Waals surface area (Å²) in [5.41, 5.74) is 1.85. The van der Waals surface area contributed by atoms with Gasteiger partial charge in [-0.15, -0.1) is 36.2 Å². The van der Waals surface area contributed by atoms with Crippen molar-refractivity contribution in [1.29, 1.82) is 0 Å². The van der Waals surface area contributed by atoms with Crippen LogP contribution in [0.2, 0.25) is 0 Å². The third-order valence-corrected chi connectivity index (χ3v) is 5.49. The highest BCUT2D eigenvalue weighted by molar-refractivity contribution is 7.09. The van der Waals surface area contributed by atoms with Crippen molar-refractivity contribution in [2.75, 3.05) is 26.2 Å². The molecule has 2 atom stereocenters. The molecule has 3 heterocycles. The predicted octanol–water partition coefficient (Wildman–Crippen LogP) is 2.87. The van der Waals surface area contributed by atoms with Gasteiger partial charge in [-0.25, -0.2) is 4.98 Å². The Bertz CT molecular complexity index is 667. The lowest BCUT2D eigenvalue weighted by atomic mass is 10.0. The zero-order valence-electron chi connectivity index (χ0n) is 13.2. The van der Waals surface area contributed by atoms with Crippen molar-refractivity contribution in [2.45, 2.75) is 6.42 Å². The van der Waals surface area contributed by atoms with Crippen molar-refractivity contribution in [3.63, 3.8) is 0 Å². The van der Waals surface area contributed by atoms with Crippen LogP contribution in [-0.2, 0) is 6.42 Å². The maximum absolute atomic E-state index is 12.6. The van der Waals surface area contributed by atoms with Crippen molar-refractivity contribution < 1.29 is 4.79 Å². The minimum absolute atomic E-state index is 0. The number of rotatable bonds is 3. The summed E-state index contributed by atoms with van der Waals surface area (Å²) in [6, 6.07) is 10.3. The molecule has 2 saturated heterocycles. The molecule has 1 amide bonds. The molecule has 0 bridgehead atoms. The van der Waals surface area contributed by atoms with Gasteiger partial charge in [-0.3, -0.25) is 4.79 Å². The van der Waals surface area contributed by atoms with Gasteiger partial charge in [0, 0.05) is 38.0 Å². The molecule has 24 heavy (non-hydrogen) atoms. The molecule has 0 aliphatic carbocycles. The quantitative estimate of drug-likeness (QED) is 0.883. The van der Waals surface area contributed by atoms with Gasteiger partial charge >= 0.3 is 0 Å². The average Bonchev–Trinajstić information content (AvgIpc) is 3.22. The summed E-state index contributed by atoms with van der Waals surface area (Å²) in [5, 5.41) is 6.32. The van der Waals surface area contributed by atoms with E-state index in [1.807, 2.05) is 28.5 Å². The van der Waals surface area contributed by atoms with Gasteiger partial charge in [-0.1, -0.05) is 30.3 Å². The van der Waals surface area contributed by atoms with Crippen LogP contribution in [0.15, 0.2) is 35.7 Å². The van der Waals surface area contributed by atoms with Crippen LogP contribution in [0, 0.1) is 11.8 Å². The summed E-state index contributed by atoms with van der Waals surface area (Å²) in [6.45, 7) is 3.85. The summed E-state index contributed by atoms with van der Waals surface area (Å²) >= 11 is 1.58. The SMILES string of the molecule is Cl.Cl.O=C(c1csc(Cc2ccccc2)n1)N1C[C@H]2CNC[C@H]2C1. The predicted molar refractivity (Wildman–Crippen MR) is 102 cm³/mol. The first kappa shape index (κ1) is 19.2. The number of carbonyl (C=O) groups excluding carboxylic acids is 1. The van der Waals surface area contributed by atoms with Gasteiger partial charge in [-0.05, 0) is 17.4 Å². The number of halogens is 2. The van der Waals surface area contributed by atoms with Crippen LogP contribution in [0.5, 0.6) is 0 Å². The second-order valence-electron chi connectivity index (χ2n) is 6.18. The van der Waals surface area contributed by atoms with Crippen LogP contribution in [0.1, 0.15) is 21.1 Å². The Hall–Kier alpha value is -1.14. The Kier molecular flexibility index (Phi) is 6.63. The van der Waals surface area contributed by atoms with Crippen LogP contribution in [0.3, 0.4) is 0 Å². The largest absolute Gasteiger partial charge is 0.337 e. The second-order valence-corrected chi connectivity index (χ2v) is 7.12. The van der Waals surface area contributed by atoms with Crippen LogP contribution in [0.4, 0.5) is 0 Å². The van der Waals surface area contributed by atoms with Gasteiger partial charge in [0.15, 0.2) is 0 Å². The lowest BCUT2D eigenvalue weighted by molar-refractivity contribution is 0.0776. The summed E-state index contributed by atoms with van der Waals surface area (Å²) in [7, 11) is 0. The van der Waals surface area contributed by atoms with Crippen molar-refractivity contribution in [3.05, 3.63) is 52.0 Å². The van der Waals surface area contributed by atoms with Gasteiger partial charge in [0.25, 0.3) is 5.91 Å². The number of likely N-dealkylation sites (tertiary alicyclic amines) is 1. The first-order valence-corrected chi connectivity index (χ1v) is 8.66. The van der Waals surface area contributed by atoms with E-state index in [-0.39, 0.29) is 30.7 Å². The van der Waals surface area contributed by atoms with Crippen LogP contribution < -0.4 is 5.32 Å². The molecule has 2 aliphatic rings. The van der Waals surface area contributed by atoms with E-state index in [9.17, 15) is 4.79 Å². The van der Waals surface area contributed by atoms with Gasteiger partial charge in [0.05, 0.1) is 5.01 Å². The molecule has 2 fully saturated rings. The number of carbonyl (C=O) groups is 1. The zero-order valence-corrected chi connectivity index (χ0v) is 15.6. The van der Waals surface area contributed by atoms with E-state index in [1.54, 1.807) is 11.3 Å². The lowest BCUT2D eigenvalue weighted by Crippen LogP contribution is -2.32. The maximum Gasteiger partial charge on any atom is 0.273 e. The minimum atomic E-state index is 0. The Morgan fingerprint density at radius 3 is 2.50 bits per heavy atom. The number of amides is 1. The molecule has 2 aromatic rings. The number of benzene rings is 1. The fourth-order valence-corrected chi connectivity index (χ4v) is 4.25. The van der Waals surface area contributed by atoms with Crippen molar-refractivity contribution >= 4 is 42.1 Å². The fraction of sp³-hybridized carbons (Fsp3) is 0.412. The minimum Gasteiger partial charge on any atom is -0.337 e. The number of hydrogen-bond donors (Lipinski definition) is 1. The van der Waals surface area contributed by atoms with Gasteiger partial charge in [-0.2, -0.15) is 0 Å². The maximum atomic E-state index is 12.6. The van der Waals surface area contributed by atoms with E-state index in [0.717, 1.165) is 37.6 Å². The molecule has 4 nitrogen and oxygen atoms in total. The molecular weight excluding hydrogens is 365 g/mol. The standard InChI is InChI=1S/C17H19N3OS.2ClH/c21-17(20-9-13-7-18-8-14(13)10-20)15-11-22-16(19-15)6-12-4-2-1-3-5-12;;/h1-5,11,13-14,18H,6-10H2;2*1H/t13-,14+;;. The van der Waals surface area contributed by atoms with Gasteiger partial charge < -0.3 is 10.2 Å². The van der Waals surface area contributed by atoms with Crippen LogP contribution in [0.25, 0.3) is 0 Å². The Labute approximate surface area is 158 Å². The van der Waals surface area contributed by atoms with Crippen molar-refractivity contribution in [1.82, 2.24) is 15.2 Å². The molecule has 1 aromatic carbocycles. The number of hydrogen-bond acceptors (Lipinski definition) is 4. The summed E-state index contributed by atoms with van der Waals surface area (Å²) < 4.78 is 0. The Morgan fingerprint density at radius 2 is 1.83 bits per heavy atom. The first-order valence-electron chi connectivity index (χ1n) is 7.78. The molecule has 2 aliphatic heterocycles. The van der Waals surface area contributed by atoms with Gasteiger partial charge in [0.2, 0.25) is 0 Å². The molecule has 0 spiro atoms. The average molecular weight is 386 g/mol. The van der Waals surface area contributed by atoms with E-state index in [0.29, 0.717) is 17.5 Å². The first-order chi connectivity index (χ1) is 10.8. The molecule has 0 radical (unpaired) electrons. The third-order valence-electron chi connectivity index (χ3n) is 4.65. The number of fused-ring (bicyclic) bond motifs is 1.